The van der Waals surface area contributed by atoms with Gasteiger partial charge in [-0.2, -0.15) is 0 Å². The number of anilines is 2. The summed E-state index contributed by atoms with van der Waals surface area (Å²) >= 11 is 0. The summed E-state index contributed by atoms with van der Waals surface area (Å²) in [4.78, 5) is 21.2. The Balaban J connectivity index is 2.53. The number of carbonyl (C=O) groups is 1. The molecule has 0 atom stereocenters. The first-order valence-electron chi connectivity index (χ1n) is 6.40. The zero-order valence-corrected chi connectivity index (χ0v) is 11.4. The molecule has 0 aliphatic heterocycles. The Hall–Kier alpha value is -1.65. The number of Topliss-reactive ketones (excluding diaryl/α,β-unsaturated/α-hetero) is 1. The summed E-state index contributed by atoms with van der Waals surface area (Å²) in [6.45, 7) is 5.04. The number of likely N-dealkylation sites (N-methyl/N-ethyl adjacent to an activating group) is 1. The fraction of sp³-hybridized carbons (Fsp3) is 0.615. The van der Waals surface area contributed by atoms with Crippen LogP contribution in [0.25, 0.3) is 0 Å². The Kier molecular flexibility index (Phi) is 6.11. The van der Waals surface area contributed by atoms with Crippen molar-refractivity contribution >= 4 is 17.4 Å². The van der Waals surface area contributed by atoms with E-state index in [0.717, 1.165) is 24.6 Å². The standard InChI is InChI=1S/C13H22N4O/c1-4-5-6-7-14-12-8-13(16-10-15-12)17(3)9-11(2)18/h8,10H,4-7,9H2,1-3H3,(H,14,15,16). The fourth-order valence-corrected chi connectivity index (χ4v) is 1.66. The van der Waals surface area contributed by atoms with Gasteiger partial charge >= 0.3 is 0 Å². The van der Waals surface area contributed by atoms with Crippen LogP contribution < -0.4 is 10.2 Å². The molecule has 0 aliphatic rings. The molecule has 5 heteroatoms. The minimum absolute atomic E-state index is 0.119. The first-order valence-corrected chi connectivity index (χ1v) is 6.40. The van der Waals surface area contributed by atoms with Crippen molar-refractivity contribution in [3.8, 4) is 0 Å². The van der Waals surface area contributed by atoms with E-state index in [1.807, 2.05) is 18.0 Å². The average molecular weight is 250 g/mol. The van der Waals surface area contributed by atoms with Crippen molar-refractivity contribution in [1.82, 2.24) is 9.97 Å². The molecule has 0 aliphatic carbocycles. The monoisotopic (exact) mass is 250 g/mol. The van der Waals surface area contributed by atoms with E-state index in [4.69, 9.17) is 0 Å². The smallest absolute Gasteiger partial charge is 0.149 e. The van der Waals surface area contributed by atoms with Crippen LogP contribution in [0.15, 0.2) is 12.4 Å². The molecular formula is C13H22N4O. The number of hydrogen-bond acceptors (Lipinski definition) is 5. The molecule has 1 aromatic heterocycles. The predicted molar refractivity (Wildman–Crippen MR) is 74.0 cm³/mol. The van der Waals surface area contributed by atoms with Crippen molar-refractivity contribution in [2.75, 3.05) is 30.4 Å². The van der Waals surface area contributed by atoms with Crippen LogP contribution in [0.3, 0.4) is 0 Å². The maximum atomic E-state index is 11.1. The molecule has 0 unspecified atom stereocenters. The molecule has 0 aromatic carbocycles. The molecular weight excluding hydrogens is 228 g/mol. The third kappa shape index (κ3) is 5.12. The topological polar surface area (TPSA) is 58.1 Å². The molecule has 100 valence electrons. The van der Waals surface area contributed by atoms with Crippen molar-refractivity contribution in [2.45, 2.75) is 33.1 Å². The zero-order valence-electron chi connectivity index (χ0n) is 11.4. The Bertz CT molecular complexity index is 381. The van der Waals surface area contributed by atoms with Gasteiger partial charge in [0.05, 0.1) is 6.54 Å². The fourth-order valence-electron chi connectivity index (χ4n) is 1.66. The number of ketones is 1. The lowest BCUT2D eigenvalue weighted by molar-refractivity contribution is -0.115. The molecule has 1 rings (SSSR count). The van der Waals surface area contributed by atoms with Crippen LogP contribution in [0, 0.1) is 0 Å². The molecule has 0 bridgehead atoms. The summed E-state index contributed by atoms with van der Waals surface area (Å²) < 4.78 is 0. The van der Waals surface area contributed by atoms with Crippen LogP contribution in [0.4, 0.5) is 11.6 Å². The molecule has 0 amide bonds. The maximum absolute atomic E-state index is 11.1. The lowest BCUT2D eigenvalue weighted by atomic mass is 10.2. The molecule has 0 radical (unpaired) electrons. The van der Waals surface area contributed by atoms with Gasteiger partial charge in [-0.1, -0.05) is 19.8 Å². The van der Waals surface area contributed by atoms with E-state index in [0.29, 0.717) is 6.54 Å². The van der Waals surface area contributed by atoms with Gasteiger partial charge in [-0.3, -0.25) is 4.79 Å². The predicted octanol–water partition coefficient (Wildman–Crippen LogP) is 2.10. The average Bonchev–Trinajstić information content (AvgIpc) is 2.34. The number of nitrogens with one attached hydrogen (secondary N) is 1. The Morgan fingerprint density at radius 1 is 1.39 bits per heavy atom. The van der Waals surface area contributed by atoms with Crippen molar-refractivity contribution in [2.24, 2.45) is 0 Å². The first kappa shape index (κ1) is 14.4. The SMILES string of the molecule is CCCCCNc1cc(N(C)CC(C)=O)ncn1. The van der Waals surface area contributed by atoms with Crippen LogP contribution in [-0.2, 0) is 4.79 Å². The van der Waals surface area contributed by atoms with E-state index < -0.39 is 0 Å². The van der Waals surface area contributed by atoms with Crippen molar-refractivity contribution in [3.63, 3.8) is 0 Å². The third-order valence-corrected chi connectivity index (χ3v) is 2.59. The van der Waals surface area contributed by atoms with Crippen LogP contribution in [-0.4, -0.2) is 35.9 Å². The molecule has 1 N–H and O–H groups in total. The summed E-state index contributed by atoms with van der Waals surface area (Å²) in [6, 6.07) is 1.87. The first-order chi connectivity index (χ1) is 8.63. The zero-order chi connectivity index (χ0) is 13.4. The van der Waals surface area contributed by atoms with E-state index in [2.05, 4.69) is 22.2 Å². The number of hydrogen-bond donors (Lipinski definition) is 1. The Morgan fingerprint density at radius 2 is 2.17 bits per heavy atom. The van der Waals surface area contributed by atoms with Gasteiger partial charge in [0.25, 0.3) is 0 Å². The Labute approximate surface area is 109 Å². The molecule has 0 fully saturated rings. The molecule has 1 heterocycles. The van der Waals surface area contributed by atoms with E-state index in [1.54, 1.807) is 6.92 Å². The largest absolute Gasteiger partial charge is 0.370 e. The molecule has 0 saturated carbocycles. The molecule has 18 heavy (non-hydrogen) atoms. The number of unbranched alkanes of at least 4 members (excludes halogenated alkanes) is 2. The van der Waals surface area contributed by atoms with Gasteiger partial charge in [0.1, 0.15) is 23.7 Å². The summed E-state index contributed by atoms with van der Waals surface area (Å²) in [5.74, 6) is 1.69. The summed E-state index contributed by atoms with van der Waals surface area (Å²) in [6.07, 6.45) is 5.08. The minimum Gasteiger partial charge on any atom is -0.370 e. The van der Waals surface area contributed by atoms with Gasteiger partial charge in [-0.05, 0) is 13.3 Å². The van der Waals surface area contributed by atoms with Gasteiger partial charge in [-0.25, -0.2) is 9.97 Å². The lowest BCUT2D eigenvalue weighted by Crippen LogP contribution is -2.24. The summed E-state index contributed by atoms with van der Waals surface area (Å²) in [5, 5.41) is 3.27. The van der Waals surface area contributed by atoms with E-state index >= 15 is 0 Å². The second-order valence-electron chi connectivity index (χ2n) is 4.45. The second-order valence-corrected chi connectivity index (χ2v) is 4.45. The maximum Gasteiger partial charge on any atom is 0.149 e. The van der Waals surface area contributed by atoms with Gasteiger partial charge in [0.2, 0.25) is 0 Å². The van der Waals surface area contributed by atoms with Crippen molar-refractivity contribution in [3.05, 3.63) is 12.4 Å². The number of aromatic nitrogens is 2. The summed E-state index contributed by atoms with van der Waals surface area (Å²) in [5.41, 5.74) is 0. The van der Waals surface area contributed by atoms with Gasteiger partial charge < -0.3 is 10.2 Å². The number of carbonyl (C=O) groups excluding carboxylic acids is 1. The normalized spacial score (nSPS) is 10.2. The molecule has 0 spiro atoms. The van der Waals surface area contributed by atoms with E-state index in [-0.39, 0.29) is 5.78 Å². The second kappa shape index (κ2) is 7.63. The highest BCUT2D eigenvalue weighted by molar-refractivity contribution is 5.80. The number of nitrogens with zero attached hydrogens (tertiary/aromatic N) is 3. The van der Waals surface area contributed by atoms with Crippen LogP contribution in [0.1, 0.15) is 33.1 Å². The van der Waals surface area contributed by atoms with Crippen LogP contribution in [0.5, 0.6) is 0 Å². The summed E-state index contributed by atoms with van der Waals surface area (Å²) in [7, 11) is 1.85. The Morgan fingerprint density at radius 3 is 2.83 bits per heavy atom. The minimum atomic E-state index is 0.119. The highest BCUT2D eigenvalue weighted by Crippen LogP contribution is 2.12. The molecule has 1 aromatic rings. The third-order valence-electron chi connectivity index (χ3n) is 2.59. The van der Waals surface area contributed by atoms with Gasteiger partial charge in [-0.15, -0.1) is 0 Å². The lowest BCUT2D eigenvalue weighted by Gasteiger charge is -2.16. The van der Waals surface area contributed by atoms with Crippen LogP contribution in [0.2, 0.25) is 0 Å². The highest BCUT2D eigenvalue weighted by atomic mass is 16.1. The van der Waals surface area contributed by atoms with Crippen molar-refractivity contribution in [1.29, 1.82) is 0 Å². The number of rotatable bonds is 8. The van der Waals surface area contributed by atoms with Crippen LogP contribution >= 0.6 is 0 Å². The van der Waals surface area contributed by atoms with Gasteiger partial charge in [0.15, 0.2) is 0 Å². The van der Waals surface area contributed by atoms with Gasteiger partial charge in [0, 0.05) is 19.7 Å². The molecule has 5 nitrogen and oxygen atoms in total. The van der Waals surface area contributed by atoms with E-state index in [1.165, 1.54) is 19.2 Å². The van der Waals surface area contributed by atoms with E-state index in [9.17, 15) is 4.79 Å². The van der Waals surface area contributed by atoms with Crippen molar-refractivity contribution < 1.29 is 4.79 Å². The quantitative estimate of drug-likeness (QED) is 0.716. The molecule has 0 saturated heterocycles. The highest BCUT2D eigenvalue weighted by Gasteiger charge is 2.06.